The van der Waals surface area contributed by atoms with Crippen molar-refractivity contribution in [3.8, 4) is 6.07 Å². The highest BCUT2D eigenvalue weighted by atomic mass is 32.1. The van der Waals surface area contributed by atoms with E-state index in [4.69, 9.17) is 0 Å². The lowest BCUT2D eigenvalue weighted by Crippen LogP contribution is -2.48. The van der Waals surface area contributed by atoms with Crippen LogP contribution in [0, 0.1) is 11.3 Å². The summed E-state index contributed by atoms with van der Waals surface area (Å²) in [6, 6.07) is 7.43. The van der Waals surface area contributed by atoms with E-state index in [1.165, 1.54) is 11.3 Å². The van der Waals surface area contributed by atoms with Crippen LogP contribution < -0.4 is 4.90 Å². The van der Waals surface area contributed by atoms with Crippen LogP contribution in [0.1, 0.15) is 37.7 Å². The fourth-order valence-electron chi connectivity index (χ4n) is 3.68. The average Bonchev–Trinajstić information content (AvgIpc) is 3.45. The molecule has 2 saturated heterocycles. The normalized spacial score (nSPS) is 16.9. The highest BCUT2D eigenvalue weighted by Gasteiger charge is 2.26. The van der Waals surface area contributed by atoms with E-state index in [1.54, 1.807) is 30.6 Å². The molecular formula is C20H21N5O2S. The zero-order chi connectivity index (χ0) is 19.5. The monoisotopic (exact) mass is 395 g/mol. The van der Waals surface area contributed by atoms with Gasteiger partial charge in [-0.1, -0.05) is 0 Å². The van der Waals surface area contributed by atoms with Crippen molar-refractivity contribution in [1.29, 1.82) is 5.26 Å². The Labute approximate surface area is 167 Å². The molecule has 2 aliphatic heterocycles. The summed E-state index contributed by atoms with van der Waals surface area (Å²) in [6.45, 7) is 4.06. The zero-order valence-corrected chi connectivity index (χ0v) is 16.3. The highest BCUT2D eigenvalue weighted by Crippen LogP contribution is 2.24. The van der Waals surface area contributed by atoms with Crippen molar-refractivity contribution in [2.24, 2.45) is 0 Å². The molecule has 4 rings (SSSR count). The Bertz CT molecular complexity index is 921. The summed E-state index contributed by atoms with van der Waals surface area (Å²) in [7, 11) is 0. The van der Waals surface area contributed by atoms with Crippen LogP contribution in [0.2, 0.25) is 0 Å². The molecule has 144 valence electrons. The number of carbonyl (C=O) groups excluding carboxylic acids is 2. The third-order valence-electron chi connectivity index (χ3n) is 5.25. The second-order valence-electron chi connectivity index (χ2n) is 6.95. The number of hydrogen-bond donors (Lipinski definition) is 0. The third-order valence-corrected chi connectivity index (χ3v) is 6.31. The number of carbonyl (C=O) groups is 2. The maximum Gasteiger partial charge on any atom is 0.264 e. The Balaban J connectivity index is 1.39. The second kappa shape index (κ2) is 7.98. The van der Waals surface area contributed by atoms with Crippen molar-refractivity contribution in [2.75, 3.05) is 44.2 Å². The SMILES string of the molecule is N#Cc1ccncc1N1CCN(C(=O)c2ccc(C(=O)N3CCCC3)s2)CC1. The Kier molecular flexibility index (Phi) is 5.26. The molecule has 2 amide bonds. The van der Waals surface area contributed by atoms with Crippen LogP contribution in [0.4, 0.5) is 5.69 Å². The van der Waals surface area contributed by atoms with E-state index in [2.05, 4.69) is 16.0 Å². The molecule has 0 spiro atoms. The van der Waals surface area contributed by atoms with Gasteiger partial charge in [-0.15, -0.1) is 11.3 Å². The Morgan fingerprint density at radius 3 is 2.14 bits per heavy atom. The van der Waals surface area contributed by atoms with E-state index in [0.717, 1.165) is 31.6 Å². The first-order valence-electron chi connectivity index (χ1n) is 9.45. The lowest BCUT2D eigenvalue weighted by Gasteiger charge is -2.36. The molecule has 2 aromatic heterocycles. The van der Waals surface area contributed by atoms with Gasteiger partial charge in [0.25, 0.3) is 11.8 Å². The molecule has 8 heteroatoms. The maximum atomic E-state index is 12.9. The topological polar surface area (TPSA) is 80.5 Å². The van der Waals surface area contributed by atoms with Crippen molar-refractivity contribution in [3.05, 3.63) is 45.9 Å². The molecule has 0 aromatic carbocycles. The average molecular weight is 395 g/mol. The molecule has 4 heterocycles. The molecule has 0 bridgehead atoms. The number of amides is 2. The fraction of sp³-hybridized carbons (Fsp3) is 0.400. The number of likely N-dealkylation sites (tertiary alicyclic amines) is 1. The van der Waals surface area contributed by atoms with E-state index in [0.29, 0.717) is 41.5 Å². The van der Waals surface area contributed by atoms with Gasteiger partial charge < -0.3 is 14.7 Å². The maximum absolute atomic E-state index is 12.9. The minimum absolute atomic E-state index is 0.0307. The smallest absolute Gasteiger partial charge is 0.264 e. The summed E-state index contributed by atoms with van der Waals surface area (Å²) < 4.78 is 0. The number of nitriles is 1. The molecular weight excluding hydrogens is 374 g/mol. The third kappa shape index (κ3) is 3.58. The molecule has 0 radical (unpaired) electrons. The summed E-state index contributed by atoms with van der Waals surface area (Å²) in [5.41, 5.74) is 1.41. The van der Waals surface area contributed by atoms with Gasteiger partial charge in [0.05, 0.1) is 27.2 Å². The number of anilines is 1. The summed E-state index contributed by atoms with van der Waals surface area (Å²) in [5.74, 6) is 0.00351. The lowest BCUT2D eigenvalue weighted by molar-refractivity contribution is 0.0751. The first kappa shape index (κ1) is 18.4. The van der Waals surface area contributed by atoms with Crippen molar-refractivity contribution in [1.82, 2.24) is 14.8 Å². The quantitative estimate of drug-likeness (QED) is 0.796. The number of nitrogens with zero attached hydrogens (tertiary/aromatic N) is 5. The molecule has 0 saturated carbocycles. The van der Waals surface area contributed by atoms with Crippen molar-refractivity contribution < 1.29 is 9.59 Å². The van der Waals surface area contributed by atoms with Gasteiger partial charge in [-0.05, 0) is 31.0 Å². The molecule has 2 aromatic rings. The van der Waals surface area contributed by atoms with E-state index in [-0.39, 0.29) is 11.8 Å². The first-order chi connectivity index (χ1) is 13.7. The van der Waals surface area contributed by atoms with Gasteiger partial charge >= 0.3 is 0 Å². The predicted molar refractivity (Wildman–Crippen MR) is 107 cm³/mol. The summed E-state index contributed by atoms with van der Waals surface area (Å²) in [4.78, 5) is 36.5. The fourth-order valence-corrected chi connectivity index (χ4v) is 4.62. The summed E-state index contributed by atoms with van der Waals surface area (Å²) in [5, 5.41) is 9.27. The molecule has 28 heavy (non-hydrogen) atoms. The minimum Gasteiger partial charge on any atom is -0.366 e. The van der Waals surface area contributed by atoms with Gasteiger partial charge in [-0.25, -0.2) is 0 Å². The molecule has 7 nitrogen and oxygen atoms in total. The number of piperazine rings is 1. The number of aromatic nitrogens is 1. The molecule has 2 fully saturated rings. The van der Waals surface area contributed by atoms with Gasteiger partial charge in [0.2, 0.25) is 0 Å². The van der Waals surface area contributed by atoms with E-state index < -0.39 is 0 Å². The Hall–Kier alpha value is -2.92. The van der Waals surface area contributed by atoms with Crippen LogP contribution in [0.15, 0.2) is 30.6 Å². The Morgan fingerprint density at radius 2 is 1.54 bits per heavy atom. The lowest BCUT2D eigenvalue weighted by atomic mass is 10.2. The number of hydrogen-bond acceptors (Lipinski definition) is 6. The second-order valence-corrected chi connectivity index (χ2v) is 8.03. The van der Waals surface area contributed by atoms with Crippen LogP contribution >= 0.6 is 11.3 Å². The molecule has 0 atom stereocenters. The van der Waals surface area contributed by atoms with E-state index in [9.17, 15) is 14.9 Å². The van der Waals surface area contributed by atoms with Gasteiger partial charge in [0.1, 0.15) is 6.07 Å². The standard InChI is InChI=1S/C20H21N5O2S/c21-13-15-5-6-22-14-16(15)23-9-11-25(12-10-23)20(27)18-4-3-17(28-18)19(26)24-7-1-2-8-24/h3-6,14H,1-2,7-12H2. The number of pyridine rings is 1. The molecule has 0 unspecified atom stereocenters. The largest absolute Gasteiger partial charge is 0.366 e. The van der Waals surface area contributed by atoms with Crippen LogP contribution in [0.5, 0.6) is 0 Å². The number of thiophene rings is 1. The van der Waals surface area contributed by atoms with E-state index in [1.807, 2.05) is 9.80 Å². The van der Waals surface area contributed by atoms with Gasteiger partial charge in [-0.3, -0.25) is 14.6 Å². The number of rotatable bonds is 3. The van der Waals surface area contributed by atoms with Gasteiger partial charge in [-0.2, -0.15) is 5.26 Å². The predicted octanol–water partition coefficient (Wildman–Crippen LogP) is 2.21. The van der Waals surface area contributed by atoms with Crippen molar-refractivity contribution >= 4 is 28.8 Å². The van der Waals surface area contributed by atoms with Gasteiger partial charge in [0, 0.05) is 45.5 Å². The minimum atomic E-state index is -0.0307. The van der Waals surface area contributed by atoms with Gasteiger partial charge in [0.15, 0.2) is 0 Å². The Morgan fingerprint density at radius 1 is 0.929 bits per heavy atom. The molecule has 0 aliphatic carbocycles. The van der Waals surface area contributed by atoms with E-state index >= 15 is 0 Å². The summed E-state index contributed by atoms with van der Waals surface area (Å²) >= 11 is 1.28. The van der Waals surface area contributed by atoms with Crippen LogP contribution in [-0.2, 0) is 0 Å². The van der Waals surface area contributed by atoms with Crippen LogP contribution in [0.25, 0.3) is 0 Å². The van der Waals surface area contributed by atoms with Crippen LogP contribution in [-0.4, -0.2) is 65.9 Å². The summed E-state index contributed by atoms with van der Waals surface area (Å²) in [6.07, 6.45) is 5.42. The first-order valence-corrected chi connectivity index (χ1v) is 10.3. The van der Waals surface area contributed by atoms with Crippen LogP contribution in [0.3, 0.4) is 0 Å². The highest BCUT2D eigenvalue weighted by molar-refractivity contribution is 7.15. The zero-order valence-electron chi connectivity index (χ0n) is 15.5. The van der Waals surface area contributed by atoms with Crippen molar-refractivity contribution in [2.45, 2.75) is 12.8 Å². The van der Waals surface area contributed by atoms with Crippen molar-refractivity contribution in [3.63, 3.8) is 0 Å². The molecule has 0 N–H and O–H groups in total. The molecule has 2 aliphatic rings.